The van der Waals surface area contributed by atoms with Crippen LogP contribution in [0, 0.1) is 0 Å². The maximum atomic E-state index is 5.80. The van der Waals surface area contributed by atoms with Crippen LogP contribution in [0.15, 0.2) is 12.3 Å². The van der Waals surface area contributed by atoms with E-state index in [1.807, 2.05) is 0 Å². The topological polar surface area (TPSA) is 37.8 Å². The van der Waals surface area contributed by atoms with Crippen LogP contribution in [0.5, 0.6) is 0 Å². The fraction of sp³-hybridized carbons (Fsp3) is 0.556. The Morgan fingerprint density at radius 3 is 2.85 bits per heavy atom. The summed E-state index contributed by atoms with van der Waals surface area (Å²) in [6.07, 6.45) is 3.95. The van der Waals surface area contributed by atoms with E-state index in [1.165, 1.54) is 0 Å². The lowest BCUT2D eigenvalue weighted by Crippen LogP contribution is -2.27. The van der Waals surface area contributed by atoms with E-state index in [1.54, 1.807) is 12.3 Å². The smallest absolute Gasteiger partial charge is 0.133 e. The van der Waals surface area contributed by atoms with Crippen molar-refractivity contribution in [2.75, 3.05) is 13.1 Å². The second-order valence-electron chi connectivity index (χ2n) is 3.26. The van der Waals surface area contributed by atoms with Gasteiger partial charge in [0.15, 0.2) is 0 Å². The van der Waals surface area contributed by atoms with Crippen molar-refractivity contribution in [1.82, 2.24) is 15.3 Å². The van der Waals surface area contributed by atoms with Crippen molar-refractivity contribution >= 4 is 11.6 Å². The largest absolute Gasteiger partial charge is 0.317 e. The van der Waals surface area contributed by atoms with E-state index in [4.69, 9.17) is 11.6 Å². The Balaban J connectivity index is 2.14. The standard InChI is InChI=1S/C9H12ClN3/c10-8-3-6-12-9(13-8)7-1-4-11-5-2-7/h3,6-7,11H,1-2,4-5H2. The molecule has 2 heterocycles. The summed E-state index contributed by atoms with van der Waals surface area (Å²) in [7, 11) is 0. The minimum absolute atomic E-state index is 0.486. The monoisotopic (exact) mass is 197 g/mol. The molecule has 2 rings (SSSR count). The van der Waals surface area contributed by atoms with Gasteiger partial charge in [-0.1, -0.05) is 11.6 Å². The Bertz CT molecular complexity index is 284. The first-order valence-electron chi connectivity index (χ1n) is 4.55. The van der Waals surface area contributed by atoms with Gasteiger partial charge >= 0.3 is 0 Å². The van der Waals surface area contributed by atoms with Gasteiger partial charge in [-0.2, -0.15) is 0 Å². The summed E-state index contributed by atoms with van der Waals surface area (Å²) in [6, 6.07) is 1.71. The van der Waals surface area contributed by atoms with Crippen LogP contribution < -0.4 is 5.32 Å². The molecule has 1 aromatic rings. The van der Waals surface area contributed by atoms with Gasteiger partial charge in [0.1, 0.15) is 11.0 Å². The van der Waals surface area contributed by atoms with Gasteiger partial charge < -0.3 is 5.32 Å². The second kappa shape index (κ2) is 4.03. The zero-order chi connectivity index (χ0) is 9.10. The van der Waals surface area contributed by atoms with E-state index in [2.05, 4.69) is 15.3 Å². The van der Waals surface area contributed by atoms with Gasteiger partial charge in [-0.3, -0.25) is 0 Å². The molecule has 0 spiro atoms. The van der Waals surface area contributed by atoms with Crippen LogP contribution in [0.3, 0.4) is 0 Å². The predicted molar refractivity (Wildman–Crippen MR) is 51.9 cm³/mol. The summed E-state index contributed by atoms with van der Waals surface area (Å²) >= 11 is 5.80. The summed E-state index contributed by atoms with van der Waals surface area (Å²) in [4.78, 5) is 8.46. The Hall–Kier alpha value is -0.670. The van der Waals surface area contributed by atoms with Crippen LogP contribution in [-0.2, 0) is 0 Å². The minimum atomic E-state index is 0.486. The lowest BCUT2D eigenvalue weighted by molar-refractivity contribution is 0.445. The number of nitrogens with zero attached hydrogens (tertiary/aromatic N) is 2. The normalized spacial score (nSPS) is 18.8. The van der Waals surface area contributed by atoms with Gasteiger partial charge in [0.25, 0.3) is 0 Å². The van der Waals surface area contributed by atoms with Gasteiger partial charge in [0, 0.05) is 12.1 Å². The molecule has 1 aliphatic rings. The third kappa shape index (κ3) is 2.17. The van der Waals surface area contributed by atoms with Gasteiger partial charge in [-0.15, -0.1) is 0 Å². The molecule has 1 aliphatic heterocycles. The maximum Gasteiger partial charge on any atom is 0.133 e. The predicted octanol–water partition coefficient (Wildman–Crippen LogP) is 1.60. The van der Waals surface area contributed by atoms with E-state index in [0.29, 0.717) is 11.1 Å². The number of piperidine rings is 1. The lowest BCUT2D eigenvalue weighted by atomic mass is 9.97. The Labute approximate surface area is 82.5 Å². The highest BCUT2D eigenvalue weighted by molar-refractivity contribution is 6.29. The summed E-state index contributed by atoms with van der Waals surface area (Å²) in [5.41, 5.74) is 0. The summed E-state index contributed by atoms with van der Waals surface area (Å²) < 4.78 is 0. The molecule has 1 N–H and O–H groups in total. The van der Waals surface area contributed by atoms with Crippen molar-refractivity contribution in [3.8, 4) is 0 Å². The average Bonchev–Trinajstić information content (AvgIpc) is 2.19. The van der Waals surface area contributed by atoms with Crippen molar-refractivity contribution in [3.05, 3.63) is 23.2 Å². The number of aromatic nitrogens is 2. The van der Waals surface area contributed by atoms with E-state index >= 15 is 0 Å². The van der Waals surface area contributed by atoms with Crippen LogP contribution in [0.2, 0.25) is 5.15 Å². The zero-order valence-corrected chi connectivity index (χ0v) is 8.09. The Morgan fingerprint density at radius 2 is 2.15 bits per heavy atom. The molecule has 1 saturated heterocycles. The van der Waals surface area contributed by atoms with Gasteiger partial charge in [-0.25, -0.2) is 9.97 Å². The Kier molecular flexibility index (Phi) is 2.76. The third-order valence-electron chi connectivity index (χ3n) is 2.34. The van der Waals surface area contributed by atoms with Crippen molar-refractivity contribution in [3.63, 3.8) is 0 Å². The number of halogens is 1. The molecule has 0 amide bonds. The van der Waals surface area contributed by atoms with E-state index in [9.17, 15) is 0 Å². The first kappa shape index (κ1) is 8.91. The fourth-order valence-corrected chi connectivity index (χ4v) is 1.77. The molecule has 0 aliphatic carbocycles. The molecule has 0 aromatic carbocycles. The zero-order valence-electron chi connectivity index (χ0n) is 7.33. The van der Waals surface area contributed by atoms with Gasteiger partial charge in [-0.05, 0) is 32.0 Å². The van der Waals surface area contributed by atoms with E-state index < -0.39 is 0 Å². The first-order valence-corrected chi connectivity index (χ1v) is 4.93. The van der Waals surface area contributed by atoms with E-state index in [-0.39, 0.29) is 0 Å². The van der Waals surface area contributed by atoms with Crippen LogP contribution in [0.25, 0.3) is 0 Å². The minimum Gasteiger partial charge on any atom is -0.317 e. The van der Waals surface area contributed by atoms with Gasteiger partial charge in [0.05, 0.1) is 0 Å². The molecular formula is C9H12ClN3. The molecule has 0 unspecified atom stereocenters. The average molecular weight is 198 g/mol. The van der Waals surface area contributed by atoms with Crippen molar-refractivity contribution in [2.24, 2.45) is 0 Å². The molecule has 4 heteroatoms. The van der Waals surface area contributed by atoms with Crippen molar-refractivity contribution in [1.29, 1.82) is 0 Å². The molecular weight excluding hydrogens is 186 g/mol. The quantitative estimate of drug-likeness (QED) is 0.695. The lowest BCUT2D eigenvalue weighted by Gasteiger charge is -2.20. The molecule has 0 atom stereocenters. The van der Waals surface area contributed by atoms with Crippen LogP contribution in [0.4, 0.5) is 0 Å². The molecule has 13 heavy (non-hydrogen) atoms. The third-order valence-corrected chi connectivity index (χ3v) is 2.56. The van der Waals surface area contributed by atoms with Crippen molar-refractivity contribution < 1.29 is 0 Å². The second-order valence-corrected chi connectivity index (χ2v) is 3.65. The Morgan fingerprint density at radius 1 is 1.38 bits per heavy atom. The highest BCUT2D eigenvalue weighted by Gasteiger charge is 2.17. The van der Waals surface area contributed by atoms with Crippen LogP contribution >= 0.6 is 11.6 Å². The number of hydrogen-bond acceptors (Lipinski definition) is 3. The number of rotatable bonds is 1. The maximum absolute atomic E-state index is 5.80. The summed E-state index contributed by atoms with van der Waals surface area (Å²) in [6.45, 7) is 2.11. The first-order chi connectivity index (χ1) is 6.36. The highest BCUT2D eigenvalue weighted by Crippen LogP contribution is 2.22. The molecule has 0 radical (unpaired) electrons. The fourth-order valence-electron chi connectivity index (χ4n) is 1.63. The SMILES string of the molecule is Clc1ccnc(C2CCNCC2)n1. The van der Waals surface area contributed by atoms with Crippen molar-refractivity contribution in [2.45, 2.75) is 18.8 Å². The molecule has 70 valence electrons. The number of nitrogens with one attached hydrogen (secondary N) is 1. The van der Waals surface area contributed by atoms with E-state index in [0.717, 1.165) is 31.8 Å². The molecule has 1 aromatic heterocycles. The number of hydrogen-bond donors (Lipinski definition) is 1. The molecule has 3 nitrogen and oxygen atoms in total. The molecule has 1 fully saturated rings. The van der Waals surface area contributed by atoms with Crippen LogP contribution in [0.1, 0.15) is 24.6 Å². The van der Waals surface area contributed by atoms with Crippen LogP contribution in [-0.4, -0.2) is 23.1 Å². The summed E-state index contributed by atoms with van der Waals surface area (Å²) in [5, 5.41) is 3.86. The summed E-state index contributed by atoms with van der Waals surface area (Å²) in [5.74, 6) is 1.38. The molecule has 0 saturated carbocycles. The highest BCUT2D eigenvalue weighted by atomic mass is 35.5. The van der Waals surface area contributed by atoms with Gasteiger partial charge in [0.2, 0.25) is 0 Å². The molecule has 0 bridgehead atoms.